The minimum absolute atomic E-state index is 0.0829. The molecule has 0 bridgehead atoms. The second-order valence-electron chi connectivity index (χ2n) is 4.95. The monoisotopic (exact) mass is 395 g/mol. The summed E-state index contributed by atoms with van der Waals surface area (Å²) in [6.45, 7) is 5.52. The molecule has 0 amide bonds. The van der Waals surface area contributed by atoms with Crippen LogP contribution >= 0.6 is 27.7 Å². The molecule has 0 aliphatic carbocycles. The molecule has 1 atom stereocenters. The Balaban J connectivity index is 2.45. The molecule has 5 nitrogen and oxygen atoms in total. The van der Waals surface area contributed by atoms with Crippen LogP contribution in [0.1, 0.15) is 20.3 Å². The van der Waals surface area contributed by atoms with Gasteiger partial charge >= 0.3 is 0 Å². The maximum absolute atomic E-state index is 12.8. The molecular weight excluding hydrogens is 378 g/mol. The fourth-order valence-electron chi connectivity index (χ4n) is 2.11. The predicted octanol–water partition coefficient (Wildman–Crippen LogP) is 3.59. The largest absolute Gasteiger partial charge is 0.382 e. The number of fused-ring (bicyclic) bond motifs is 1. The summed E-state index contributed by atoms with van der Waals surface area (Å²) in [5.74, 6) is 0. The van der Waals surface area contributed by atoms with Gasteiger partial charge in [0.15, 0.2) is 5.16 Å². The van der Waals surface area contributed by atoms with Crippen molar-refractivity contribution in [2.24, 2.45) is 0 Å². The Morgan fingerprint density at radius 1 is 1.52 bits per heavy atom. The Labute approximate surface area is 147 Å². The second kappa shape index (κ2) is 8.48. The van der Waals surface area contributed by atoms with E-state index in [0.717, 1.165) is 10.9 Å². The van der Waals surface area contributed by atoms with Crippen LogP contribution in [-0.2, 0) is 11.3 Å². The van der Waals surface area contributed by atoms with Crippen LogP contribution < -0.4 is 5.56 Å². The topological polar surface area (TPSA) is 67.9 Å². The first kappa shape index (κ1) is 18.0. The van der Waals surface area contributed by atoms with Gasteiger partial charge in [-0.05, 0) is 38.5 Å². The number of nitrogens with zero attached hydrogens (tertiary/aromatic N) is 3. The zero-order valence-corrected chi connectivity index (χ0v) is 15.5. The van der Waals surface area contributed by atoms with Crippen LogP contribution in [0.3, 0.4) is 0 Å². The van der Waals surface area contributed by atoms with E-state index < -0.39 is 0 Å². The highest BCUT2D eigenvalue weighted by Crippen LogP contribution is 2.23. The van der Waals surface area contributed by atoms with Gasteiger partial charge in [0.2, 0.25) is 0 Å². The molecule has 0 saturated heterocycles. The van der Waals surface area contributed by atoms with Gasteiger partial charge in [-0.25, -0.2) is 4.98 Å². The maximum atomic E-state index is 12.8. The highest BCUT2D eigenvalue weighted by Gasteiger charge is 2.14. The van der Waals surface area contributed by atoms with Crippen molar-refractivity contribution in [1.29, 1.82) is 5.26 Å². The quantitative estimate of drug-likeness (QED) is 0.407. The lowest BCUT2D eigenvalue weighted by Gasteiger charge is -2.14. The summed E-state index contributed by atoms with van der Waals surface area (Å²) < 4.78 is 7.83. The number of hydrogen-bond donors (Lipinski definition) is 0. The van der Waals surface area contributed by atoms with E-state index in [4.69, 9.17) is 10.00 Å². The molecule has 0 spiro atoms. The van der Waals surface area contributed by atoms with E-state index in [-0.39, 0.29) is 10.8 Å². The molecule has 2 aromatic rings. The Morgan fingerprint density at radius 2 is 2.30 bits per heavy atom. The number of halogens is 1. The van der Waals surface area contributed by atoms with E-state index in [1.165, 1.54) is 11.8 Å². The van der Waals surface area contributed by atoms with Gasteiger partial charge < -0.3 is 4.74 Å². The van der Waals surface area contributed by atoms with Crippen molar-refractivity contribution in [3.05, 3.63) is 33.0 Å². The van der Waals surface area contributed by atoms with Crippen LogP contribution in [0.2, 0.25) is 0 Å². The Kier molecular flexibility index (Phi) is 6.63. The second-order valence-corrected chi connectivity index (χ2v) is 7.18. The molecule has 1 aromatic heterocycles. The van der Waals surface area contributed by atoms with Crippen LogP contribution in [0.15, 0.2) is 32.6 Å². The molecule has 0 aliphatic heterocycles. The van der Waals surface area contributed by atoms with Crippen LogP contribution in [0.5, 0.6) is 0 Å². The summed E-state index contributed by atoms with van der Waals surface area (Å²) in [5.41, 5.74) is 0.562. The fraction of sp³-hybridized carbons (Fsp3) is 0.438. The van der Waals surface area contributed by atoms with Gasteiger partial charge in [-0.2, -0.15) is 5.26 Å². The minimum atomic E-state index is -0.270. The SMILES string of the molecule is CCOCCCn1c(S[C@H](C)C#N)nc2ccc(Br)cc2c1=O. The lowest BCUT2D eigenvalue weighted by Crippen LogP contribution is -2.24. The van der Waals surface area contributed by atoms with Crippen molar-refractivity contribution in [2.45, 2.75) is 37.2 Å². The lowest BCUT2D eigenvalue weighted by molar-refractivity contribution is 0.140. The Hall–Kier alpha value is -1.36. The number of thioether (sulfide) groups is 1. The van der Waals surface area contributed by atoms with Crippen LogP contribution in [0.4, 0.5) is 0 Å². The standard InChI is InChI=1S/C16H18BrN3O2S/c1-3-22-8-4-7-20-15(21)13-9-12(17)5-6-14(13)19-16(20)23-11(2)10-18/h5-6,9,11H,3-4,7-8H2,1-2H3/t11-/m1/s1. The summed E-state index contributed by atoms with van der Waals surface area (Å²) >= 11 is 4.70. The molecule has 2 rings (SSSR count). The van der Waals surface area contributed by atoms with Crippen molar-refractivity contribution in [3.63, 3.8) is 0 Å². The molecule has 0 saturated carbocycles. The van der Waals surface area contributed by atoms with E-state index in [9.17, 15) is 4.79 Å². The molecule has 0 fully saturated rings. The summed E-state index contributed by atoms with van der Waals surface area (Å²) in [5, 5.41) is 9.92. The number of rotatable bonds is 7. The zero-order chi connectivity index (χ0) is 16.8. The normalized spacial score (nSPS) is 12.3. The lowest BCUT2D eigenvalue weighted by atomic mass is 10.2. The van der Waals surface area contributed by atoms with E-state index in [0.29, 0.717) is 35.8 Å². The first-order valence-corrected chi connectivity index (χ1v) is 9.08. The number of benzene rings is 1. The summed E-state index contributed by atoms with van der Waals surface area (Å²) in [7, 11) is 0. The molecule has 0 aliphatic rings. The molecule has 0 N–H and O–H groups in total. The van der Waals surface area contributed by atoms with E-state index >= 15 is 0 Å². The molecule has 0 unspecified atom stereocenters. The molecule has 23 heavy (non-hydrogen) atoms. The first-order chi connectivity index (χ1) is 11.1. The Morgan fingerprint density at radius 3 is 3.00 bits per heavy atom. The first-order valence-electron chi connectivity index (χ1n) is 7.41. The molecule has 7 heteroatoms. The van der Waals surface area contributed by atoms with E-state index in [1.54, 1.807) is 17.6 Å². The maximum Gasteiger partial charge on any atom is 0.262 e. The van der Waals surface area contributed by atoms with Crippen LogP contribution in [0.25, 0.3) is 10.9 Å². The van der Waals surface area contributed by atoms with Gasteiger partial charge in [-0.15, -0.1) is 0 Å². The molecule has 1 heterocycles. The number of aromatic nitrogens is 2. The summed E-state index contributed by atoms with van der Waals surface area (Å²) in [6.07, 6.45) is 0.726. The average Bonchev–Trinajstić information content (AvgIpc) is 2.54. The average molecular weight is 396 g/mol. The van der Waals surface area contributed by atoms with Crippen molar-refractivity contribution in [2.75, 3.05) is 13.2 Å². The third kappa shape index (κ3) is 4.56. The third-order valence-corrected chi connectivity index (χ3v) is 4.69. The fourth-order valence-corrected chi connectivity index (χ4v) is 3.30. The third-order valence-electron chi connectivity index (χ3n) is 3.22. The summed E-state index contributed by atoms with van der Waals surface area (Å²) in [6, 6.07) is 7.62. The van der Waals surface area contributed by atoms with E-state index in [2.05, 4.69) is 27.0 Å². The van der Waals surface area contributed by atoms with Crippen molar-refractivity contribution >= 4 is 38.6 Å². The van der Waals surface area contributed by atoms with Crippen LogP contribution in [-0.4, -0.2) is 28.0 Å². The van der Waals surface area contributed by atoms with Crippen molar-refractivity contribution in [1.82, 2.24) is 9.55 Å². The Bertz CT molecular complexity index is 785. The molecule has 0 radical (unpaired) electrons. The predicted molar refractivity (Wildman–Crippen MR) is 95.7 cm³/mol. The van der Waals surface area contributed by atoms with Gasteiger partial charge in [0, 0.05) is 24.2 Å². The highest BCUT2D eigenvalue weighted by atomic mass is 79.9. The summed E-state index contributed by atoms with van der Waals surface area (Å²) in [4.78, 5) is 17.4. The molecular formula is C16H18BrN3O2S. The smallest absolute Gasteiger partial charge is 0.262 e. The van der Waals surface area contributed by atoms with Crippen molar-refractivity contribution < 1.29 is 4.74 Å². The molecule has 1 aromatic carbocycles. The van der Waals surface area contributed by atoms with Crippen molar-refractivity contribution in [3.8, 4) is 6.07 Å². The van der Waals surface area contributed by atoms with E-state index in [1.807, 2.05) is 19.1 Å². The number of ether oxygens (including phenoxy) is 1. The zero-order valence-electron chi connectivity index (χ0n) is 13.1. The van der Waals surface area contributed by atoms with Gasteiger partial charge in [0.05, 0.1) is 22.2 Å². The number of nitriles is 1. The van der Waals surface area contributed by atoms with Gasteiger partial charge in [0.25, 0.3) is 5.56 Å². The molecule has 122 valence electrons. The van der Waals surface area contributed by atoms with Gasteiger partial charge in [-0.1, -0.05) is 27.7 Å². The van der Waals surface area contributed by atoms with Crippen LogP contribution in [0, 0.1) is 11.3 Å². The minimum Gasteiger partial charge on any atom is -0.382 e. The highest BCUT2D eigenvalue weighted by molar-refractivity contribution is 9.10. The number of hydrogen-bond acceptors (Lipinski definition) is 5. The van der Waals surface area contributed by atoms with Gasteiger partial charge in [0.1, 0.15) is 0 Å². The van der Waals surface area contributed by atoms with Gasteiger partial charge in [-0.3, -0.25) is 9.36 Å².